The Labute approximate surface area is 61.6 Å². The molecule has 2 aliphatic heterocycles. The molecule has 2 unspecified atom stereocenters. The summed E-state index contributed by atoms with van der Waals surface area (Å²) in [6.07, 6.45) is 1.69. The zero-order chi connectivity index (χ0) is 9.69. The number of rotatable bonds is 0. The van der Waals surface area contributed by atoms with Gasteiger partial charge in [0.1, 0.15) is 0 Å². The maximum Gasteiger partial charge on any atom is 0.0444 e. The first-order chi connectivity index (χ1) is 5.93. The Kier molecular flexibility index (Phi) is 0.729. The molecule has 2 nitrogen and oxygen atoms in total. The lowest BCUT2D eigenvalue weighted by molar-refractivity contribution is 0.339. The zero-order valence-corrected chi connectivity index (χ0v) is 5.28. The van der Waals surface area contributed by atoms with E-state index in [9.17, 15) is 0 Å². The lowest BCUT2D eigenvalue weighted by atomic mass is 9.94. The Morgan fingerprint density at radius 2 is 2.44 bits per heavy atom. The minimum absolute atomic E-state index is 0.240. The molecule has 2 atom stereocenters. The lowest BCUT2D eigenvalue weighted by Crippen LogP contribution is -2.40. The van der Waals surface area contributed by atoms with Crippen molar-refractivity contribution in [3.8, 4) is 0 Å². The van der Waals surface area contributed by atoms with Gasteiger partial charge in [0.15, 0.2) is 0 Å². The first kappa shape index (κ1) is 2.89. The van der Waals surface area contributed by atoms with Crippen LogP contribution in [0.25, 0.3) is 0 Å². The molecule has 0 aromatic heterocycles. The van der Waals surface area contributed by atoms with Crippen molar-refractivity contribution in [1.29, 1.82) is 0 Å². The third-order valence-electron chi connectivity index (χ3n) is 1.94. The molecule has 52 valence electrons. The van der Waals surface area contributed by atoms with Crippen molar-refractivity contribution in [3.05, 3.63) is 0 Å². The number of fused-ring (bicyclic) bond motifs is 1. The predicted octanol–water partition coefficient (Wildman–Crippen LogP) is -0.0422. The smallest absolute Gasteiger partial charge is 0.0444 e. The van der Waals surface area contributed by atoms with E-state index in [1.807, 2.05) is 0 Å². The minimum atomic E-state index is -1.62. The normalized spacial score (nSPS) is 60.4. The summed E-state index contributed by atoms with van der Waals surface area (Å²) in [5.41, 5.74) is 0. The average molecular weight is 130 g/mol. The molecule has 0 aliphatic carbocycles. The van der Waals surface area contributed by atoms with Gasteiger partial charge < -0.3 is 10.6 Å². The van der Waals surface area contributed by atoms with Crippen molar-refractivity contribution >= 4 is 0 Å². The van der Waals surface area contributed by atoms with Gasteiger partial charge in [-0.2, -0.15) is 0 Å². The fraction of sp³-hybridized carbons (Fsp3) is 1.00. The summed E-state index contributed by atoms with van der Waals surface area (Å²) >= 11 is 0. The van der Waals surface area contributed by atoms with Gasteiger partial charge in [0.05, 0.1) is 0 Å². The third-order valence-corrected chi connectivity index (χ3v) is 1.94. The van der Waals surface area contributed by atoms with Gasteiger partial charge in [-0.1, -0.05) is 0 Å². The predicted molar refractivity (Wildman–Crippen MR) is 37.4 cm³/mol. The lowest BCUT2D eigenvalue weighted by Gasteiger charge is -2.24. The van der Waals surface area contributed by atoms with Crippen molar-refractivity contribution < 1.29 is 5.48 Å². The van der Waals surface area contributed by atoms with Crippen molar-refractivity contribution in [2.75, 3.05) is 19.5 Å². The second kappa shape index (κ2) is 2.27. The molecule has 2 aliphatic rings. The summed E-state index contributed by atoms with van der Waals surface area (Å²) in [7, 11) is 0. The van der Waals surface area contributed by atoms with Crippen LogP contribution in [0.4, 0.5) is 0 Å². The Hall–Kier alpha value is -0.0800. The molecule has 0 spiro atoms. The second-order valence-electron chi connectivity index (χ2n) is 2.59. The Balaban J connectivity index is 2.25. The minimum Gasteiger partial charge on any atom is -0.315 e. The molecule has 0 radical (unpaired) electrons. The van der Waals surface area contributed by atoms with E-state index in [0.29, 0.717) is 0 Å². The maximum atomic E-state index is 7.64. The maximum absolute atomic E-state index is 7.64. The van der Waals surface area contributed by atoms with E-state index < -0.39 is 13.0 Å². The van der Waals surface area contributed by atoms with Gasteiger partial charge in [-0.05, 0) is 31.8 Å². The largest absolute Gasteiger partial charge is 0.315 e. The van der Waals surface area contributed by atoms with E-state index >= 15 is 0 Å². The molecule has 2 rings (SSSR count). The van der Waals surface area contributed by atoms with Crippen molar-refractivity contribution in [2.45, 2.75) is 18.9 Å². The molecular weight excluding hydrogens is 112 g/mol. The summed E-state index contributed by atoms with van der Waals surface area (Å²) in [5, 5.41) is 5.47. The van der Waals surface area contributed by atoms with E-state index in [0.717, 1.165) is 19.4 Å². The quantitative estimate of drug-likeness (QED) is 0.481. The molecular formula is C7H14N2. The van der Waals surface area contributed by atoms with E-state index in [1.165, 1.54) is 0 Å². The average Bonchev–Trinajstić information content (AvgIpc) is 2.20. The van der Waals surface area contributed by atoms with Gasteiger partial charge in [-0.25, -0.2) is 0 Å². The monoisotopic (exact) mass is 130 g/mol. The Morgan fingerprint density at radius 3 is 3.33 bits per heavy atom. The van der Waals surface area contributed by atoms with Crippen molar-refractivity contribution in [2.24, 2.45) is 5.92 Å². The van der Waals surface area contributed by atoms with E-state index in [1.54, 1.807) is 0 Å². The number of hydrogen-bond donors (Lipinski definition) is 2. The highest BCUT2D eigenvalue weighted by molar-refractivity contribution is 4.89. The highest BCUT2D eigenvalue weighted by Gasteiger charge is 2.28. The second-order valence-corrected chi connectivity index (χ2v) is 2.59. The van der Waals surface area contributed by atoms with Gasteiger partial charge in [0.25, 0.3) is 0 Å². The van der Waals surface area contributed by atoms with E-state index in [-0.39, 0.29) is 12.0 Å². The summed E-state index contributed by atoms with van der Waals surface area (Å²) in [6.45, 7) is -2.39. The van der Waals surface area contributed by atoms with Gasteiger partial charge in [0.2, 0.25) is 0 Å². The van der Waals surface area contributed by atoms with Crippen LogP contribution in [0.3, 0.4) is 0 Å². The van der Waals surface area contributed by atoms with Gasteiger partial charge in [-0.3, -0.25) is 0 Å². The number of nitrogens with one attached hydrogen (secondary N) is 2. The molecule has 0 bridgehead atoms. The molecule has 0 saturated carbocycles. The highest BCUT2D eigenvalue weighted by atomic mass is 15.0. The molecule has 2 heteroatoms. The van der Waals surface area contributed by atoms with Gasteiger partial charge in [0, 0.05) is 18.0 Å². The van der Waals surface area contributed by atoms with Crippen LogP contribution in [0.15, 0.2) is 0 Å². The summed E-state index contributed by atoms with van der Waals surface area (Å²) in [5.74, 6) is -0.240. The standard InChI is InChI=1S/C7H14N2/c1-2-6-4-8-5-7(6)9-3-1/h6-9H,1-5H2/i4D2,5D2. The SMILES string of the molecule is [2H]C1([2H])NC([2H])([2H])C2NCCCC21. The van der Waals surface area contributed by atoms with Crippen LogP contribution in [-0.2, 0) is 0 Å². The molecule has 2 N–H and O–H groups in total. The van der Waals surface area contributed by atoms with Crippen molar-refractivity contribution in [3.63, 3.8) is 0 Å². The van der Waals surface area contributed by atoms with Crippen LogP contribution in [0.5, 0.6) is 0 Å². The molecule has 9 heavy (non-hydrogen) atoms. The fourth-order valence-electron chi connectivity index (χ4n) is 1.41. The molecule has 0 aromatic carbocycles. The van der Waals surface area contributed by atoms with Crippen LogP contribution < -0.4 is 10.6 Å². The molecule has 0 aromatic rings. The number of piperidine rings is 1. The summed E-state index contributed by atoms with van der Waals surface area (Å²) in [6, 6.07) is -0.378. The molecule has 2 fully saturated rings. The van der Waals surface area contributed by atoms with Crippen LogP contribution in [0.2, 0.25) is 0 Å². The molecule has 0 amide bonds. The first-order valence-corrected chi connectivity index (χ1v) is 3.46. The molecule has 2 saturated heterocycles. The topological polar surface area (TPSA) is 24.1 Å². The van der Waals surface area contributed by atoms with Crippen molar-refractivity contribution in [1.82, 2.24) is 10.6 Å². The molecule has 2 heterocycles. The Morgan fingerprint density at radius 1 is 1.44 bits per heavy atom. The van der Waals surface area contributed by atoms with Gasteiger partial charge >= 0.3 is 0 Å². The van der Waals surface area contributed by atoms with Crippen LogP contribution in [-0.4, -0.2) is 25.6 Å². The summed E-state index contributed by atoms with van der Waals surface area (Å²) < 4.78 is 30.5. The number of hydrogen-bond acceptors (Lipinski definition) is 2. The summed E-state index contributed by atoms with van der Waals surface area (Å²) in [4.78, 5) is 0. The first-order valence-electron chi connectivity index (χ1n) is 5.46. The van der Waals surface area contributed by atoms with Gasteiger partial charge in [-0.15, -0.1) is 0 Å². The van der Waals surface area contributed by atoms with Crippen LogP contribution in [0.1, 0.15) is 18.3 Å². The van der Waals surface area contributed by atoms with E-state index in [2.05, 4.69) is 10.6 Å². The highest BCUT2D eigenvalue weighted by Crippen LogP contribution is 2.18. The third kappa shape index (κ3) is 0.970. The van der Waals surface area contributed by atoms with E-state index in [4.69, 9.17) is 5.48 Å². The zero-order valence-electron chi connectivity index (χ0n) is 9.28. The fourth-order valence-corrected chi connectivity index (χ4v) is 1.41. The Bertz CT molecular complexity index is 197. The van der Waals surface area contributed by atoms with Crippen LogP contribution >= 0.6 is 0 Å². The van der Waals surface area contributed by atoms with Crippen LogP contribution in [0, 0.1) is 5.92 Å².